The van der Waals surface area contributed by atoms with Crippen LogP contribution in [0.1, 0.15) is 43.3 Å². The van der Waals surface area contributed by atoms with E-state index >= 15 is 0 Å². The van der Waals surface area contributed by atoms with Crippen molar-refractivity contribution in [1.82, 2.24) is 10.1 Å². The molecule has 0 aromatic carbocycles. The highest BCUT2D eigenvalue weighted by Crippen LogP contribution is 2.31. The summed E-state index contributed by atoms with van der Waals surface area (Å²) in [5.74, 6) is 1.31. The highest BCUT2D eigenvalue weighted by atomic mass is 16.5. The van der Waals surface area contributed by atoms with Crippen molar-refractivity contribution in [2.45, 2.75) is 44.6 Å². The quantitative estimate of drug-likeness (QED) is 0.713. The first-order valence-corrected chi connectivity index (χ1v) is 4.75. The smallest absolute Gasteiger partial charge is 0.232 e. The summed E-state index contributed by atoms with van der Waals surface area (Å²) in [6, 6.07) is 0. The van der Waals surface area contributed by atoms with Crippen LogP contribution in [0.4, 0.5) is 0 Å². The standard InChI is InChI=1S/C9H14N2O2/c1-6-10-9(13-11-6)7-4-2-3-5-8(7)12/h7-8,12H,2-5H2,1H3. The van der Waals surface area contributed by atoms with Crippen LogP contribution in [0.5, 0.6) is 0 Å². The van der Waals surface area contributed by atoms with Gasteiger partial charge in [0.15, 0.2) is 5.82 Å². The van der Waals surface area contributed by atoms with Crippen molar-refractivity contribution < 1.29 is 9.63 Å². The molecule has 1 aliphatic rings. The second-order valence-corrected chi connectivity index (χ2v) is 3.64. The number of aryl methyl sites for hydroxylation is 1. The predicted molar refractivity (Wildman–Crippen MR) is 46.3 cm³/mol. The summed E-state index contributed by atoms with van der Waals surface area (Å²) in [6.07, 6.45) is 3.76. The number of aliphatic hydroxyl groups is 1. The van der Waals surface area contributed by atoms with Crippen molar-refractivity contribution in [3.05, 3.63) is 11.7 Å². The molecule has 0 aliphatic heterocycles. The van der Waals surface area contributed by atoms with E-state index in [-0.39, 0.29) is 12.0 Å². The Morgan fingerprint density at radius 1 is 1.38 bits per heavy atom. The van der Waals surface area contributed by atoms with E-state index in [2.05, 4.69) is 10.1 Å². The highest BCUT2D eigenvalue weighted by molar-refractivity contribution is 4.98. The van der Waals surface area contributed by atoms with Crippen molar-refractivity contribution in [3.63, 3.8) is 0 Å². The number of aromatic nitrogens is 2. The summed E-state index contributed by atoms with van der Waals surface area (Å²) in [5.41, 5.74) is 0. The first-order chi connectivity index (χ1) is 6.27. The summed E-state index contributed by atoms with van der Waals surface area (Å²) in [7, 11) is 0. The Morgan fingerprint density at radius 3 is 2.77 bits per heavy atom. The molecule has 2 rings (SSSR count). The van der Waals surface area contributed by atoms with Crippen molar-refractivity contribution in [1.29, 1.82) is 0 Å². The predicted octanol–water partition coefficient (Wildman–Crippen LogP) is 1.40. The Kier molecular flexibility index (Phi) is 2.31. The maximum absolute atomic E-state index is 9.70. The molecule has 1 aromatic heterocycles. The van der Waals surface area contributed by atoms with Gasteiger partial charge in [0.2, 0.25) is 5.89 Å². The summed E-state index contributed by atoms with van der Waals surface area (Å²) in [6.45, 7) is 1.79. The average molecular weight is 182 g/mol. The van der Waals surface area contributed by atoms with Gasteiger partial charge < -0.3 is 9.63 Å². The van der Waals surface area contributed by atoms with Gasteiger partial charge in [-0.1, -0.05) is 18.0 Å². The lowest BCUT2D eigenvalue weighted by molar-refractivity contribution is 0.0908. The number of hydrogen-bond donors (Lipinski definition) is 1. The lowest BCUT2D eigenvalue weighted by Gasteiger charge is -2.23. The Hall–Kier alpha value is -0.900. The molecule has 0 amide bonds. The minimum Gasteiger partial charge on any atom is -0.392 e. The van der Waals surface area contributed by atoms with E-state index in [0.717, 1.165) is 25.7 Å². The molecule has 0 radical (unpaired) electrons. The molecule has 1 heterocycles. The van der Waals surface area contributed by atoms with Crippen LogP contribution in [0.2, 0.25) is 0 Å². The fourth-order valence-corrected chi connectivity index (χ4v) is 1.86. The molecule has 1 aromatic rings. The number of aliphatic hydroxyl groups excluding tert-OH is 1. The molecule has 1 N–H and O–H groups in total. The molecule has 4 heteroatoms. The second kappa shape index (κ2) is 3.46. The topological polar surface area (TPSA) is 59.2 Å². The zero-order chi connectivity index (χ0) is 9.26. The third-order valence-corrected chi connectivity index (χ3v) is 2.59. The summed E-state index contributed by atoms with van der Waals surface area (Å²) in [5, 5.41) is 13.4. The lowest BCUT2D eigenvalue weighted by Crippen LogP contribution is -2.22. The molecule has 0 bridgehead atoms. The molecule has 1 saturated carbocycles. The fraction of sp³-hybridized carbons (Fsp3) is 0.778. The van der Waals surface area contributed by atoms with Gasteiger partial charge in [-0.3, -0.25) is 0 Å². The van der Waals surface area contributed by atoms with E-state index in [0.29, 0.717) is 11.7 Å². The zero-order valence-electron chi connectivity index (χ0n) is 7.73. The van der Waals surface area contributed by atoms with Crippen LogP contribution in [-0.2, 0) is 0 Å². The van der Waals surface area contributed by atoms with Crippen molar-refractivity contribution in [2.24, 2.45) is 0 Å². The van der Waals surface area contributed by atoms with Gasteiger partial charge in [0, 0.05) is 0 Å². The van der Waals surface area contributed by atoms with Crippen molar-refractivity contribution in [3.8, 4) is 0 Å². The van der Waals surface area contributed by atoms with Gasteiger partial charge in [0.1, 0.15) is 0 Å². The van der Waals surface area contributed by atoms with E-state index < -0.39 is 0 Å². The molecule has 0 saturated heterocycles. The van der Waals surface area contributed by atoms with E-state index in [9.17, 15) is 5.11 Å². The van der Waals surface area contributed by atoms with Crippen LogP contribution in [0.3, 0.4) is 0 Å². The Balaban J connectivity index is 2.14. The van der Waals surface area contributed by atoms with Gasteiger partial charge in [-0.05, 0) is 19.8 Å². The summed E-state index contributed by atoms with van der Waals surface area (Å²) >= 11 is 0. The minimum atomic E-state index is -0.298. The van der Waals surface area contributed by atoms with Crippen molar-refractivity contribution >= 4 is 0 Å². The summed E-state index contributed by atoms with van der Waals surface area (Å²) < 4.78 is 5.05. The van der Waals surface area contributed by atoms with Crippen LogP contribution in [0.15, 0.2) is 4.52 Å². The van der Waals surface area contributed by atoms with Gasteiger partial charge in [-0.25, -0.2) is 0 Å². The van der Waals surface area contributed by atoms with E-state index in [1.807, 2.05) is 0 Å². The molecule has 4 nitrogen and oxygen atoms in total. The molecule has 2 atom stereocenters. The highest BCUT2D eigenvalue weighted by Gasteiger charge is 2.28. The van der Waals surface area contributed by atoms with Crippen LogP contribution >= 0.6 is 0 Å². The van der Waals surface area contributed by atoms with Crippen LogP contribution in [0.25, 0.3) is 0 Å². The maximum atomic E-state index is 9.70. The van der Waals surface area contributed by atoms with Gasteiger partial charge >= 0.3 is 0 Å². The molecular weight excluding hydrogens is 168 g/mol. The summed E-state index contributed by atoms with van der Waals surface area (Å²) in [4.78, 5) is 4.15. The third-order valence-electron chi connectivity index (χ3n) is 2.59. The molecule has 2 unspecified atom stereocenters. The van der Waals surface area contributed by atoms with E-state index in [1.165, 1.54) is 0 Å². The Morgan fingerprint density at radius 2 is 2.15 bits per heavy atom. The van der Waals surface area contributed by atoms with Gasteiger partial charge in [0.05, 0.1) is 12.0 Å². The number of rotatable bonds is 1. The molecule has 1 aliphatic carbocycles. The van der Waals surface area contributed by atoms with E-state index in [1.54, 1.807) is 6.92 Å². The van der Waals surface area contributed by atoms with Crippen molar-refractivity contribution in [2.75, 3.05) is 0 Å². The monoisotopic (exact) mass is 182 g/mol. The zero-order valence-corrected chi connectivity index (χ0v) is 7.73. The fourth-order valence-electron chi connectivity index (χ4n) is 1.86. The molecular formula is C9H14N2O2. The second-order valence-electron chi connectivity index (χ2n) is 3.64. The third kappa shape index (κ3) is 1.72. The normalized spacial score (nSPS) is 29.1. The number of nitrogens with zero attached hydrogens (tertiary/aromatic N) is 2. The van der Waals surface area contributed by atoms with Crippen LogP contribution in [0, 0.1) is 6.92 Å². The SMILES string of the molecule is Cc1noc(C2CCCCC2O)n1. The Labute approximate surface area is 77.0 Å². The van der Waals surface area contributed by atoms with E-state index in [4.69, 9.17) is 4.52 Å². The number of hydrogen-bond acceptors (Lipinski definition) is 4. The molecule has 72 valence electrons. The molecule has 13 heavy (non-hydrogen) atoms. The minimum absolute atomic E-state index is 0.0648. The first kappa shape index (κ1) is 8.69. The largest absolute Gasteiger partial charge is 0.392 e. The lowest BCUT2D eigenvalue weighted by atomic mass is 9.86. The Bertz CT molecular complexity index is 285. The molecule has 0 spiro atoms. The average Bonchev–Trinajstić information content (AvgIpc) is 2.53. The van der Waals surface area contributed by atoms with Gasteiger partial charge in [-0.15, -0.1) is 0 Å². The van der Waals surface area contributed by atoms with Crippen LogP contribution < -0.4 is 0 Å². The maximum Gasteiger partial charge on any atom is 0.232 e. The van der Waals surface area contributed by atoms with Crippen LogP contribution in [-0.4, -0.2) is 21.4 Å². The molecule has 1 fully saturated rings. The van der Waals surface area contributed by atoms with Gasteiger partial charge in [0.25, 0.3) is 0 Å². The first-order valence-electron chi connectivity index (χ1n) is 4.75. The van der Waals surface area contributed by atoms with Gasteiger partial charge in [-0.2, -0.15) is 4.98 Å².